The van der Waals surface area contributed by atoms with Gasteiger partial charge in [0.25, 0.3) is 0 Å². The summed E-state index contributed by atoms with van der Waals surface area (Å²) in [7, 11) is 0. The molecule has 1 saturated heterocycles. The molecule has 0 aliphatic carbocycles. The van der Waals surface area contributed by atoms with Gasteiger partial charge in [0, 0.05) is 52.2 Å². The molecule has 7 heteroatoms. The third kappa shape index (κ3) is 8.32. The average molecular weight is 418 g/mol. The van der Waals surface area contributed by atoms with Crippen LogP contribution in [-0.4, -0.2) is 72.1 Å². The number of carbonyl (C=O) groups excluding carboxylic acids is 1. The summed E-state index contributed by atoms with van der Waals surface area (Å²) < 4.78 is 0. The number of nitrogens with one attached hydrogen (secondary N) is 2. The molecule has 7 nitrogen and oxygen atoms in total. The molecule has 0 bridgehead atoms. The first kappa shape index (κ1) is 24.2. The predicted octanol–water partition coefficient (Wildman–Crippen LogP) is 1.96. The van der Waals surface area contributed by atoms with E-state index in [4.69, 9.17) is 0 Å². The minimum absolute atomic E-state index is 0.128. The van der Waals surface area contributed by atoms with Gasteiger partial charge >= 0.3 is 0 Å². The highest BCUT2D eigenvalue weighted by Crippen LogP contribution is 2.14. The van der Waals surface area contributed by atoms with Gasteiger partial charge in [0.15, 0.2) is 5.96 Å². The zero-order valence-electron chi connectivity index (χ0n) is 18.9. The Hall–Kier alpha value is -2.12. The lowest BCUT2D eigenvalue weighted by Crippen LogP contribution is -2.40. The van der Waals surface area contributed by atoms with Crippen molar-refractivity contribution in [2.75, 3.05) is 39.3 Å². The number of guanidine groups is 1. The largest absolute Gasteiger partial charge is 0.393 e. The maximum Gasteiger partial charge on any atom is 0.224 e. The van der Waals surface area contributed by atoms with Crippen molar-refractivity contribution < 1.29 is 9.90 Å². The van der Waals surface area contributed by atoms with Crippen LogP contribution >= 0.6 is 0 Å². The molecule has 168 valence electrons. The second-order valence-electron chi connectivity index (χ2n) is 7.76. The first-order valence-corrected chi connectivity index (χ1v) is 11.3. The number of carbonyl (C=O) groups is 1. The summed E-state index contributed by atoms with van der Waals surface area (Å²) in [5.74, 6) is 0.906. The summed E-state index contributed by atoms with van der Waals surface area (Å²) in [5, 5.41) is 16.1. The Morgan fingerprint density at radius 3 is 2.33 bits per heavy atom. The van der Waals surface area contributed by atoms with Crippen molar-refractivity contribution in [3.63, 3.8) is 0 Å². The van der Waals surface area contributed by atoms with Crippen molar-refractivity contribution in [2.45, 2.75) is 59.2 Å². The van der Waals surface area contributed by atoms with Gasteiger partial charge in [-0.05, 0) is 44.7 Å². The van der Waals surface area contributed by atoms with E-state index in [1.54, 1.807) is 0 Å². The molecule has 1 aromatic carbocycles. The van der Waals surface area contributed by atoms with Crippen LogP contribution in [0.5, 0.6) is 0 Å². The molecule has 1 aliphatic rings. The van der Waals surface area contributed by atoms with Crippen LogP contribution in [0.15, 0.2) is 29.3 Å². The molecule has 0 spiro atoms. The van der Waals surface area contributed by atoms with E-state index in [1.165, 1.54) is 5.56 Å². The zero-order valence-corrected chi connectivity index (χ0v) is 18.9. The molecule has 0 saturated carbocycles. The zero-order chi connectivity index (χ0) is 21.8. The molecule has 0 radical (unpaired) electrons. The summed E-state index contributed by atoms with van der Waals surface area (Å²) in [4.78, 5) is 21.0. The molecule has 2 rings (SSSR count). The summed E-state index contributed by atoms with van der Waals surface area (Å²) in [5.41, 5.74) is 2.45. The first-order valence-electron chi connectivity index (χ1n) is 11.3. The van der Waals surface area contributed by atoms with E-state index in [1.807, 2.05) is 25.7 Å². The molecule has 0 unspecified atom stereocenters. The van der Waals surface area contributed by atoms with Gasteiger partial charge < -0.3 is 20.6 Å². The van der Waals surface area contributed by atoms with Gasteiger partial charge in [0.2, 0.25) is 5.91 Å². The van der Waals surface area contributed by atoms with E-state index in [0.717, 1.165) is 63.6 Å². The van der Waals surface area contributed by atoms with Crippen LogP contribution in [0.1, 0.15) is 51.2 Å². The highest BCUT2D eigenvalue weighted by Gasteiger charge is 2.16. The number of rotatable bonds is 10. The van der Waals surface area contributed by atoms with Crippen LogP contribution in [0.3, 0.4) is 0 Å². The van der Waals surface area contributed by atoms with E-state index in [2.05, 4.69) is 44.8 Å². The molecule has 3 N–H and O–H groups in total. The molecule has 0 atom stereocenters. The number of aliphatic hydroxyl groups is 1. The third-order valence-electron chi connectivity index (χ3n) is 5.50. The molecule has 1 aromatic rings. The molecule has 0 aromatic heterocycles. The minimum atomic E-state index is -0.128. The quantitative estimate of drug-likeness (QED) is 0.401. The first-order chi connectivity index (χ1) is 14.5. The van der Waals surface area contributed by atoms with E-state index in [-0.39, 0.29) is 12.0 Å². The topological polar surface area (TPSA) is 80.2 Å². The minimum Gasteiger partial charge on any atom is -0.393 e. The van der Waals surface area contributed by atoms with Crippen molar-refractivity contribution in [1.82, 2.24) is 20.4 Å². The predicted molar refractivity (Wildman–Crippen MR) is 122 cm³/mol. The second-order valence-corrected chi connectivity index (χ2v) is 7.76. The Morgan fingerprint density at radius 1 is 1.10 bits per heavy atom. The number of aliphatic imine (C=N–C) groups is 1. The number of hydrogen-bond donors (Lipinski definition) is 3. The Morgan fingerprint density at radius 2 is 1.73 bits per heavy atom. The highest BCUT2D eigenvalue weighted by molar-refractivity contribution is 5.81. The number of piperidine rings is 1. The SMILES string of the molecule is CCNC(=NCc1ccc(CN2CCC(O)CC2)cc1)NCCC(=O)N(CC)CC. The van der Waals surface area contributed by atoms with Gasteiger partial charge in [-0.2, -0.15) is 0 Å². The van der Waals surface area contributed by atoms with Gasteiger partial charge in [-0.25, -0.2) is 4.99 Å². The Bertz CT molecular complexity index is 650. The van der Waals surface area contributed by atoms with Crippen LogP contribution in [0, 0.1) is 0 Å². The number of likely N-dealkylation sites (tertiary alicyclic amines) is 1. The van der Waals surface area contributed by atoms with Crippen molar-refractivity contribution in [3.8, 4) is 0 Å². The molecular weight excluding hydrogens is 378 g/mol. The summed E-state index contributed by atoms with van der Waals surface area (Å²) in [6.07, 6.45) is 2.08. The maximum atomic E-state index is 12.1. The Balaban J connectivity index is 1.81. The van der Waals surface area contributed by atoms with Gasteiger partial charge in [-0.1, -0.05) is 24.3 Å². The van der Waals surface area contributed by atoms with Crippen molar-refractivity contribution in [1.29, 1.82) is 0 Å². The number of benzene rings is 1. The maximum absolute atomic E-state index is 12.1. The van der Waals surface area contributed by atoms with Crippen LogP contribution in [0.25, 0.3) is 0 Å². The highest BCUT2D eigenvalue weighted by atomic mass is 16.3. The lowest BCUT2D eigenvalue weighted by atomic mass is 10.1. The summed E-state index contributed by atoms with van der Waals surface area (Å²) >= 11 is 0. The average Bonchev–Trinajstić information content (AvgIpc) is 2.75. The Labute approximate surface area is 181 Å². The van der Waals surface area contributed by atoms with Gasteiger partial charge in [-0.15, -0.1) is 0 Å². The van der Waals surface area contributed by atoms with Crippen LogP contribution in [-0.2, 0) is 17.9 Å². The number of aliphatic hydroxyl groups excluding tert-OH is 1. The van der Waals surface area contributed by atoms with E-state index in [0.29, 0.717) is 19.5 Å². The summed E-state index contributed by atoms with van der Waals surface area (Å²) in [6.45, 7) is 12.3. The number of nitrogens with zero attached hydrogens (tertiary/aromatic N) is 3. The van der Waals surface area contributed by atoms with E-state index in [9.17, 15) is 9.90 Å². The molecule has 1 aliphatic heterocycles. The monoisotopic (exact) mass is 417 g/mol. The van der Waals surface area contributed by atoms with E-state index >= 15 is 0 Å². The lowest BCUT2D eigenvalue weighted by molar-refractivity contribution is -0.130. The number of amides is 1. The van der Waals surface area contributed by atoms with Gasteiger partial charge in [0.1, 0.15) is 0 Å². The molecular formula is C23H39N5O2. The van der Waals surface area contributed by atoms with Crippen molar-refractivity contribution in [3.05, 3.63) is 35.4 Å². The lowest BCUT2D eigenvalue weighted by Gasteiger charge is -2.29. The van der Waals surface area contributed by atoms with Crippen molar-refractivity contribution in [2.24, 2.45) is 4.99 Å². The fraction of sp³-hybridized carbons (Fsp3) is 0.652. The number of hydrogen-bond acceptors (Lipinski definition) is 4. The van der Waals surface area contributed by atoms with Crippen LogP contribution in [0.4, 0.5) is 0 Å². The Kier molecular flexibility index (Phi) is 10.7. The van der Waals surface area contributed by atoms with E-state index < -0.39 is 0 Å². The smallest absolute Gasteiger partial charge is 0.224 e. The fourth-order valence-corrected chi connectivity index (χ4v) is 3.62. The fourth-order valence-electron chi connectivity index (χ4n) is 3.62. The van der Waals surface area contributed by atoms with Crippen LogP contribution in [0.2, 0.25) is 0 Å². The van der Waals surface area contributed by atoms with Gasteiger partial charge in [0.05, 0.1) is 12.6 Å². The molecule has 30 heavy (non-hydrogen) atoms. The van der Waals surface area contributed by atoms with Gasteiger partial charge in [-0.3, -0.25) is 9.69 Å². The molecule has 1 heterocycles. The third-order valence-corrected chi connectivity index (χ3v) is 5.50. The summed E-state index contributed by atoms with van der Waals surface area (Å²) in [6, 6.07) is 8.59. The molecule has 1 amide bonds. The normalized spacial score (nSPS) is 15.8. The van der Waals surface area contributed by atoms with Crippen LogP contribution < -0.4 is 10.6 Å². The molecule has 1 fully saturated rings. The second kappa shape index (κ2) is 13.2. The van der Waals surface area contributed by atoms with Crippen molar-refractivity contribution >= 4 is 11.9 Å². The standard InChI is InChI=1S/C23H39N5O2/c1-4-24-23(25-14-11-22(30)28(5-2)6-3)26-17-19-7-9-20(10-8-19)18-27-15-12-21(29)13-16-27/h7-10,21,29H,4-6,11-18H2,1-3H3,(H2,24,25,26).